The summed E-state index contributed by atoms with van der Waals surface area (Å²) < 4.78 is 36.5. The maximum absolute atomic E-state index is 12.2. The minimum absolute atomic E-state index is 0.379. The SMILES string of the molecule is C=CNc1cccc(C(F)(F)F)c1. The van der Waals surface area contributed by atoms with Crippen molar-refractivity contribution in [1.29, 1.82) is 0 Å². The molecular weight excluding hydrogens is 179 g/mol. The van der Waals surface area contributed by atoms with Crippen LogP contribution in [0.5, 0.6) is 0 Å². The predicted octanol–water partition coefficient (Wildman–Crippen LogP) is 3.26. The van der Waals surface area contributed by atoms with Crippen molar-refractivity contribution >= 4 is 5.69 Å². The zero-order chi connectivity index (χ0) is 9.90. The number of benzene rings is 1. The van der Waals surface area contributed by atoms with Crippen LogP contribution < -0.4 is 5.32 Å². The zero-order valence-electron chi connectivity index (χ0n) is 6.73. The third-order valence-electron chi connectivity index (χ3n) is 1.46. The molecule has 0 aromatic heterocycles. The molecule has 13 heavy (non-hydrogen) atoms. The molecule has 1 nitrogen and oxygen atoms in total. The average molecular weight is 187 g/mol. The molecule has 1 aromatic rings. The minimum atomic E-state index is -4.29. The second-order valence-electron chi connectivity index (χ2n) is 2.43. The van der Waals surface area contributed by atoms with E-state index in [0.29, 0.717) is 5.69 Å². The molecule has 0 spiro atoms. The maximum atomic E-state index is 12.2. The lowest BCUT2D eigenvalue weighted by atomic mass is 10.2. The molecule has 0 saturated heterocycles. The van der Waals surface area contributed by atoms with Crippen molar-refractivity contribution in [2.75, 3.05) is 5.32 Å². The van der Waals surface area contributed by atoms with E-state index in [1.807, 2.05) is 0 Å². The highest BCUT2D eigenvalue weighted by molar-refractivity contribution is 5.48. The fourth-order valence-electron chi connectivity index (χ4n) is 0.903. The van der Waals surface area contributed by atoms with E-state index in [4.69, 9.17) is 0 Å². The standard InChI is InChI=1S/C9H8F3N/c1-2-13-8-5-3-4-7(6-8)9(10,11)12/h2-6,13H,1H2. The summed E-state index contributed by atoms with van der Waals surface area (Å²) >= 11 is 0. The Morgan fingerprint density at radius 3 is 2.54 bits per heavy atom. The number of halogens is 3. The molecule has 0 radical (unpaired) electrons. The van der Waals surface area contributed by atoms with Crippen molar-refractivity contribution in [1.82, 2.24) is 0 Å². The van der Waals surface area contributed by atoms with Crippen molar-refractivity contribution in [3.05, 3.63) is 42.6 Å². The lowest BCUT2D eigenvalue weighted by Crippen LogP contribution is -2.04. The molecule has 70 valence electrons. The predicted molar refractivity (Wildman–Crippen MR) is 45.3 cm³/mol. The summed E-state index contributed by atoms with van der Waals surface area (Å²) in [7, 11) is 0. The Balaban J connectivity index is 2.98. The Morgan fingerprint density at radius 1 is 1.31 bits per heavy atom. The van der Waals surface area contributed by atoms with Crippen LogP contribution in [0.4, 0.5) is 18.9 Å². The molecule has 1 rings (SSSR count). The monoisotopic (exact) mass is 187 g/mol. The number of anilines is 1. The van der Waals surface area contributed by atoms with Crippen LogP contribution in [0, 0.1) is 0 Å². The first-order valence-electron chi connectivity index (χ1n) is 3.59. The molecule has 0 heterocycles. The van der Waals surface area contributed by atoms with Gasteiger partial charge in [0.2, 0.25) is 0 Å². The molecule has 0 aliphatic rings. The average Bonchev–Trinajstić information content (AvgIpc) is 2.04. The normalized spacial score (nSPS) is 11.0. The second-order valence-corrected chi connectivity index (χ2v) is 2.43. The van der Waals surface area contributed by atoms with E-state index in [-0.39, 0.29) is 0 Å². The van der Waals surface area contributed by atoms with Crippen molar-refractivity contribution in [2.24, 2.45) is 0 Å². The molecule has 0 fully saturated rings. The third kappa shape index (κ3) is 2.50. The summed E-state index contributed by atoms with van der Waals surface area (Å²) in [4.78, 5) is 0. The Kier molecular flexibility index (Phi) is 2.60. The number of hydrogen-bond acceptors (Lipinski definition) is 1. The molecular formula is C9H8F3N. The highest BCUT2D eigenvalue weighted by atomic mass is 19.4. The van der Waals surface area contributed by atoms with Gasteiger partial charge < -0.3 is 5.32 Å². The molecule has 0 amide bonds. The van der Waals surface area contributed by atoms with E-state index >= 15 is 0 Å². The zero-order valence-corrected chi connectivity index (χ0v) is 6.73. The van der Waals surface area contributed by atoms with Gasteiger partial charge in [0.05, 0.1) is 5.56 Å². The summed E-state index contributed by atoms with van der Waals surface area (Å²) in [6.45, 7) is 3.36. The van der Waals surface area contributed by atoms with Crippen LogP contribution in [0.15, 0.2) is 37.0 Å². The van der Waals surface area contributed by atoms with Crippen LogP contribution in [0.2, 0.25) is 0 Å². The first-order chi connectivity index (χ1) is 6.04. The van der Waals surface area contributed by atoms with Gasteiger partial charge in [0.15, 0.2) is 0 Å². The summed E-state index contributed by atoms with van der Waals surface area (Å²) in [5.41, 5.74) is -0.288. The molecule has 0 bridgehead atoms. The second kappa shape index (κ2) is 3.51. The quantitative estimate of drug-likeness (QED) is 0.749. The van der Waals surface area contributed by atoms with Gasteiger partial charge in [-0.3, -0.25) is 0 Å². The topological polar surface area (TPSA) is 12.0 Å². The highest BCUT2D eigenvalue weighted by Gasteiger charge is 2.30. The van der Waals surface area contributed by atoms with Gasteiger partial charge in [-0.15, -0.1) is 0 Å². The fourth-order valence-corrected chi connectivity index (χ4v) is 0.903. The van der Waals surface area contributed by atoms with Gasteiger partial charge in [0.1, 0.15) is 0 Å². The van der Waals surface area contributed by atoms with Crippen molar-refractivity contribution in [3.63, 3.8) is 0 Å². The Hall–Kier alpha value is -1.45. The van der Waals surface area contributed by atoms with Crippen molar-refractivity contribution < 1.29 is 13.2 Å². The fraction of sp³-hybridized carbons (Fsp3) is 0.111. The van der Waals surface area contributed by atoms with E-state index in [9.17, 15) is 13.2 Å². The summed E-state index contributed by atoms with van der Waals surface area (Å²) in [5, 5.41) is 2.58. The molecule has 4 heteroatoms. The Bertz CT molecular complexity index is 304. The van der Waals surface area contributed by atoms with E-state index in [1.54, 1.807) is 0 Å². The smallest absolute Gasteiger partial charge is 0.362 e. The molecule has 0 aliphatic carbocycles. The van der Waals surface area contributed by atoms with Gasteiger partial charge in [-0.25, -0.2) is 0 Å². The van der Waals surface area contributed by atoms with E-state index < -0.39 is 11.7 Å². The van der Waals surface area contributed by atoms with Crippen LogP contribution in [-0.4, -0.2) is 0 Å². The largest absolute Gasteiger partial charge is 0.416 e. The Morgan fingerprint density at radius 2 is 2.00 bits per heavy atom. The van der Waals surface area contributed by atoms with Gasteiger partial charge in [-0.2, -0.15) is 13.2 Å². The maximum Gasteiger partial charge on any atom is 0.416 e. The summed E-state index contributed by atoms with van der Waals surface area (Å²) in [6, 6.07) is 4.93. The third-order valence-corrected chi connectivity index (χ3v) is 1.46. The molecule has 0 aliphatic heterocycles. The first kappa shape index (κ1) is 9.64. The van der Waals surface area contributed by atoms with Crippen molar-refractivity contribution in [2.45, 2.75) is 6.18 Å². The van der Waals surface area contributed by atoms with Crippen LogP contribution >= 0.6 is 0 Å². The van der Waals surface area contributed by atoms with Gasteiger partial charge in [0, 0.05) is 5.69 Å². The number of hydrogen-bond donors (Lipinski definition) is 1. The number of alkyl halides is 3. The van der Waals surface area contributed by atoms with Gasteiger partial charge >= 0.3 is 6.18 Å². The Labute approximate surface area is 73.9 Å². The van der Waals surface area contributed by atoms with Crippen LogP contribution in [-0.2, 0) is 6.18 Å². The minimum Gasteiger partial charge on any atom is -0.362 e. The van der Waals surface area contributed by atoms with Gasteiger partial charge in [-0.05, 0) is 24.4 Å². The van der Waals surface area contributed by atoms with E-state index in [2.05, 4.69) is 11.9 Å². The molecule has 1 aromatic carbocycles. The van der Waals surface area contributed by atoms with Crippen molar-refractivity contribution in [3.8, 4) is 0 Å². The van der Waals surface area contributed by atoms with Crippen LogP contribution in [0.3, 0.4) is 0 Å². The number of rotatable bonds is 2. The lowest BCUT2D eigenvalue weighted by Gasteiger charge is -2.07. The molecule has 1 N–H and O–H groups in total. The van der Waals surface area contributed by atoms with Gasteiger partial charge in [-0.1, -0.05) is 12.6 Å². The lowest BCUT2D eigenvalue weighted by molar-refractivity contribution is -0.137. The molecule has 0 unspecified atom stereocenters. The molecule has 0 saturated carbocycles. The molecule has 0 atom stereocenters. The first-order valence-corrected chi connectivity index (χ1v) is 3.59. The van der Waals surface area contributed by atoms with E-state index in [0.717, 1.165) is 12.1 Å². The van der Waals surface area contributed by atoms with Gasteiger partial charge in [0.25, 0.3) is 0 Å². The van der Waals surface area contributed by atoms with Crippen LogP contribution in [0.25, 0.3) is 0 Å². The van der Waals surface area contributed by atoms with Crippen LogP contribution in [0.1, 0.15) is 5.56 Å². The highest BCUT2D eigenvalue weighted by Crippen LogP contribution is 2.30. The number of nitrogens with one attached hydrogen (secondary N) is 1. The summed E-state index contributed by atoms with van der Waals surface area (Å²) in [5.74, 6) is 0. The van der Waals surface area contributed by atoms with E-state index in [1.165, 1.54) is 18.3 Å². The summed E-state index contributed by atoms with van der Waals surface area (Å²) in [6.07, 6.45) is -2.96.